The number of pyridine rings is 1. The van der Waals surface area contributed by atoms with Gasteiger partial charge in [0.1, 0.15) is 11.4 Å². The van der Waals surface area contributed by atoms with Crippen molar-refractivity contribution in [3.05, 3.63) is 71.2 Å². The van der Waals surface area contributed by atoms with Gasteiger partial charge in [-0.25, -0.2) is 4.98 Å². The average Bonchev–Trinajstić information content (AvgIpc) is 2.55. The third kappa shape index (κ3) is 2.85. The normalized spacial score (nSPS) is 14.7. The van der Waals surface area contributed by atoms with Crippen molar-refractivity contribution in [1.82, 2.24) is 10.3 Å². The Morgan fingerprint density at radius 1 is 1.23 bits per heavy atom. The maximum absolute atomic E-state index is 6.40. The molecule has 0 atom stereocenters. The maximum Gasteiger partial charge on any atom is 0.138 e. The van der Waals surface area contributed by atoms with Crippen molar-refractivity contribution in [2.45, 2.75) is 12.8 Å². The van der Waals surface area contributed by atoms with Gasteiger partial charge in [0.25, 0.3) is 0 Å². The van der Waals surface area contributed by atoms with Crippen molar-refractivity contribution in [1.29, 1.82) is 0 Å². The molecule has 2 heterocycles. The summed E-state index contributed by atoms with van der Waals surface area (Å²) in [5.41, 5.74) is 5.00. The highest BCUT2D eigenvalue weighted by atomic mass is 35.5. The Bertz CT molecular complexity index is 738. The van der Waals surface area contributed by atoms with E-state index in [4.69, 9.17) is 16.3 Å². The molecule has 0 fully saturated rings. The van der Waals surface area contributed by atoms with Crippen molar-refractivity contribution in [3.8, 4) is 5.75 Å². The molecule has 1 aromatic heterocycles. The van der Waals surface area contributed by atoms with Crippen molar-refractivity contribution < 1.29 is 4.74 Å². The van der Waals surface area contributed by atoms with Crippen LogP contribution in [0.2, 0.25) is 5.02 Å². The summed E-state index contributed by atoms with van der Waals surface area (Å²) in [5.74, 6) is 0.644. The van der Waals surface area contributed by atoms with Crippen LogP contribution in [0, 0.1) is 0 Å². The Morgan fingerprint density at radius 3 is 2.68 bits per heavy atom. The summed E-state index contributed by atoms with van der Waals surface area (Å²) in [4.78, 5) is 4.46. The molecule has 0 unspecified atom stereocenters. The number of hydrogen-bond donors (Lipinski definition) is 1. The summed E-state index contributed by atoms with van der Waals surface area (Å²) < 4.78 is 5.17. The molecular formula is C18H17ClN2O. The summed E-state index contributed by atoms with van der Waals surface area (Å²) in [6.45, 7) is 4.04. The molecule has 1 aliphatic heterocycles. The smallest absolute Gasteiger partial charge is 0.138 e. The maximum atomic E-state index is 6.40. The Balaban J connectivity index is 2.14. The minimum atomic E-state index is 0.560. The number of rotatable bonds is 3. The Labute approximate surface area is 135 Å². The van der Waals surface area contributed by atoms with Crippen molar-refractivity contribution in [2.24, 2.45) is 0 Å². The van der Waals surface area contributed by atoms with Crippen LogP contribution in [0.4, 0.5) is 0 Å². The number of nitrogens with zero attached hydrogens (tertiary/aromatic N) is 1. The van der Waals surface area contributed by atoms with Gasteiger partial charge in [0.05, 0.1) is 24.0 Å². The minimum Gasteiger partial charge on any atom is -0.495 e. The van der Waals surface area contributed by atoms with E-state index in [-0.39, 0.29) is 0 Å². The fourth-order valence-electron chi connectivity index (χ4n) is 2.56. The van der Waals surface area contributed by atoms with E-state index in [2.05, 4.69) is 29.0 Å². The molecule has 3 rings (SSSR count). The average molecular weight is 313 g/mol. The fraction of sp³-hybridized carbons (Fsp3) is 0.167. The summed E-state index contributed by atoms with van der Waals surface area (Å²) in [6, 6.07) is 12.1. The number of benzene rings is 1. The van der Waals surface area contributed by atoms with Crippen molar-refractivity contribution in [2.75, 3.05) is 7.11 Å². The van der Waals surface area contributed by atoms with Crippen LogP contribution < -0.4 is 10.1 Å². The van der Waals surface area contributed by atoms with Gasteiger partial charge < -0.3 is 10.1 Å². The lowest BCUT2D eigenvalue weighted by Crippen LogP contribution is -2.19. The molecular weight excluding hydrogens is 296 g/mol. The molecule has 22 heavy (non-hydrogen) atoms. The van der Waals surface area contributed by atoms with Gasteiger partial charge in [-0.05, 0) is 24.0 Å². The van der Waals surface area contributed by atoms with Crippen LogP contribution in [0.3, 0.4) is 0 Å². The van der Waals surface area contributed by atoms with E-state index in [0.717, 1.165) is 29.9 Å². The van der Waals surface area contributed by atoms with Crippen LogP contribution >= 0.6 is 11.6 Å². The van der Waals surface area contributed by atoms with E-state index in [1.807, 2.05) is 18.2 Å². The first-order valence-corrected chi connectivity index (χ1v) is 7.50. The van der Waals surface area contributed by atoms with Gasteiger partial charge in [-0.1, -0.05) is 48.5 Å². The summed E-state index contributed by atoms with van der Waals surface area (Å²) in [7, 11) is 1.60. The van der Waals surface area contributed by atoms with Gasteiger partial charge in [-0.2, -0.15) is 0 Å². The Kier molecular flexibility index (Phi) is 4.16. The molecule has 0 bridgehead atoms. The summed E-state index contributed by atoms with van der Waals surface area (Å²) in [5, 5.41) is 3.92. The molecule has 0 saturated carbocycles. The number of hydrogen-bond acceptors (Lipinski definition) is 3. The number of nitrogens with one attached hydrogen (secondary N) is 1. The third-order valence-electron chi connectivity index (χ3n) is 3.69. The molecule has 0 aliphatic carbocycles. The third-order valence-corrected chi connectivity index (χ3v) is 3.98. The van der Waals surface area contributed by atoms with Crippen LogP contribution in [0.5, 0.6) is 5.75 Å². The Morgan fingerprint density at radius 2 is 2.00 bits per heavy atom. The monoisotopic (exact) mass is 312 g/mol. The highest BCUT2D eigenvalue weighted by molar-refractivity contribution is 6.32. The van der Waals surface area contributed by atoms with Crippen LogP contribution in [-0.2, 0) is 0 Å². The number of methoxy groups -OCH3 is 1. The lowest BCUT2D eigenvalue weighted by Gasteiger charge is -2.24. The van der Waals surface area contributed by atoms with Gasteiger partial charge in [0, 0.05) is 11.8 Å². The molecule has 0 spiro atoms. The van der Waals surface area contributed by atoms with Gasteiger partial charge in [0.2, 0.25) is 0 Å². The number of ether oxygens (including phenoxy) is 1. The van der Waals surface area contributed by atoms with Gasteiger partial charge in [0.15, 0.2) is 0 Å². The molecule has 4 heteroatoms. The van der Waals surface area contributed by atoms with Crippen LogP contribution in [-0.4, -0.2) is 12.1 Å². The second kappa shape index (κ2) is 6.24. The van der Waals surface area contributed by atoms with E-state index in [1.165, 1.54) is 11.1 Å². The first kappa shape index (κ1) is 14.7. The van der Waals surface area contributed by atoms with E-state index >= 15 is 0 Å². The minimum absolute atomic E-state index is 0.560. The van der Waals surface area contributed by atoms with Gasteiger partial charge in [-0.3, -0.25) is 0 Å². The SMILES string of the molecule is C=C1CCC(c2ccccc2)=C(c2ncc(OC)cc2Cl)N1. The van der Waals surface area contributed by atoms with Gasteiger partial charge in [-0.15, -0.1) is 0 Å². The van der Waals surface area contributed by atoms with Crippen LogP contribution in [0.1, 0.15) is 24.1 Å². The molecule has 1 aliphatic rings. The molecule has 0 saturated heterocycles. The summed E-state index contributed by atoms with van der Waals surface area (Å²) in [6.07, 6.45) is 3.49. The first-order chi connectivity index (χ1) is 10.7. The molecule has 1 aromatic carbocycles. The van der Waals surface area contributed by atoms with Crippen LogP contribution in [0.25, 0.3) is 11.3 Å². The topological polar surface area (TPSA) is 34.1 Å². The first-order valence-electron chi connectivity index (χ1n) is 7.12. The lowest BCUT2D eigenvalue weighted by atomic mass is 9.93. The predicted octanol–water partition coefficient (Wildman–Crippen LogP) is 4.51. The highest BCUT2D eigenvalue weighted by Gasteiger charge is 2.20. The molecule has 112 valence electrons. The van der Waals surface area contributed by atoms with Gasteiger partial charge >= 0.3 is 0 Å². The zero-order valence-corrected chi connectivity index (χ0v) is 13.2. The quantitative estimate of drug-likeness (QED) is 0.905. The molecule has 2 aromatic rings. The zero-order chi connectivity index (χ0) is 15.5. The van der Waals surface area contributed by atoms with E-state index in [0.29, 0.717) is 10.8 Å². The second-order valence-corrected chi connectivity index (χ2v) is 5.56. The molecule has 0 amide bonds. The second-order valence-electron chi connectivity index (χ2n) is 5.15. The van der Waals surface area contributed by atoms with Crippen molar-refractivity contribution >= 4 is 22.9 Å². The molecule has 3 nitrogen and oxygen atoms in total. The van der Waals surface area contributed by atoms with Crippen molar-refractivity contribution in [3.63, 3.8) is 0 Å². The fourth-order valence-corrected chi connectivity index (χ4v) is 2.81. The Hall–Kier alpha value is -2.26. The largest absolute Gasteiger partial charge is 0.495 e. The number of aromatic nitrogens is 1. The molecule has 1 N–H and O–H groups in total. The molecule has 0 radical (unpaired) electrons. The van der Waals surface area contributed by atoms with E-state index in [9.17, 15) is 0 Å². The standard InChI is InChI=1S/C18H17ClN2O/c1-12-8-9-15(13-6-4-3-5-7-13)17(21-12)18-16(19)10-14(22-2)11-20-18/h3-7,10-11,21H,1,8-9H2,2H3. The van der Waals surface area contributed by atoms with E-state index in [1.54, 1.807) is 19.4 Å². The summed E-state index contributed by atoms with van der Waals surface area (Å²) >= 11 is 6.40. The lowest BCUT2D eigenvalue weighted by molar-refractivity contribution is 0.413. The highest BCUT2D eigenvalue weighted by Crippen LogP contribution is 2.36. The van der Waals surface area contributed by atoms with Crippen LogP contribution in [0.15, 0.2) is 54.9 Å². The number of allylic oxidation sites excluding steroid dienone is 2. The zero-order valence-electron chi connectivity index (χ0n) is 12.4. The number of halogens is 1. The van der Waals surface area contributed by atoms with E-state index < -0.39 is 0 Å². The predicted molar refractivity (Wildman–Crippen MR) is 90.6 cm³/mol.